The van der Waals surface area contributed by atoms with Crippen molar-refractivity contribution >= 4 is 11.9 Å². The first-order valence-corrected chi connectivity index (χ1v) is 7.19. The van der Waals surface area contributed by atoms with E-state index in [1.54, 1.807) is 0 Å². The van der Waals surface area contributed by atoms with Crippen molar-refractivity contribution in [2.45, 2.75) is 59.5 Å². The Bertz CT molecular complexity index is 416. The number of amides is 1. The molecule has 0 aromatic rings. The summed E-state index contributed by atoms with van der Waals surface area (Å²) in [5, 5.41) is 2.95. The summed E-state index contributed by atoms with van der Waals surface area (Å²) in [5.74, 6) is 0.210. The van der Waals surface area contributed by atoms with Crippen molar-refractivity contribution in [2.75, 3.05) is 6.54 Å². The first kappa shape index (κ1) is 14.4. The van der Waals surface area contributed by atoms with Gasteiger partial charge in [0, 0.05) is 12.0 Å². The summed E-state index contributed by atoms with van der Waals surface area (Å²) in [6.45, 7) is 10.8. The van der Waals surface area contributed by atoms with Gasteiger partial charge in [-0.1, -0.05) is 27.7 Å². The second kappa shape index (κ2) is 4.22. The maximum atomic E-state index is 12.5. The van der Waals surface area contributed by atoms with E-state index in [0.29, 0.717) is 18.9 Å². The maximum Gasteiger partial charge on any atom is 0.313 e. The average molecular weight is 267 g/mol. The molecular formula is C15H25NO3. The van der Waals surface area contributed by atoms with Crippen molar-refractivity contribution in [3.63, 3.8) is 0 Å². The summed E-state index contributed by atoms with van der Waals surface area (Å²) >= 11 is 0. The third-order valence-corrected chi connectivity index (χ3v) is 5.46. The minimum atomic E-state index is -0.962. The number of nitrogens with one attached hydrogen (secondary N) is 1. The van der Waals surface area contributed by atoms with Gasteiger partial charge in [-0.05, 0) is 32.1 Å². The van der Waals surface area contributed by atoms with Crippen LogP contribution < -0.4 is 5.32 Å². The molecule has 0 unspecified atom stereocenters. The van der Waals surface area contributed by atoms with E-state index in [0.717, 1.165) is 12.8 Å². The molecule has 4 heteroatoms. The van der Waals surface area contributed by atoms with Crippen molar-refractivity contribution in [1.29, 1.82) is 0 Å². The Morgan fingerprint density at radius 3 is 2.37 bits per heavy atom. The SMILES string of the molecule is CC(C)CCNC(=O)[C@]12CC[C@@](C)(C(=O)O1)C2(C)C. The fraction of sp³-hybridized carbons (Fsp3) is 0.867. The number of ether oxygens (including phenoxy) is 1. The van der Waals surface area contributed by atoms with Gasteiger partial charge < -0.3 is 10.1 Å². The fourth-order valence-corrected chi connectivity index (χ4v) is 3.36. The molecule has 4 nitrogen and oxygen atoms in total. The van der Waals surface area contributed by atoms with Crippen LogP contribution in [0.3, 0.4) is 0 Å². The molecule has 2 atom stereocenters. The lowest BCUT2D eigenvalue weighted by Crippen LogP contribution is -2.53. The van der Waals surface area contributed by atoms with E-state index >= 15 is 0 Å². The van der Waals surface area contributed by atoms with E-state index in [4.69, 9.17) is 4.74 Å². The van der Waals surface area contributed by atoms with Gasteiger partial charge in [-0.15, -0.1) is 0 Å². The Hall–Kier alpha value is -1.06. The summed E-state index contributed by atoms with van der Waals surface area (Å²) in [5.41, 5.74) is -1.93. The highest BCUT2D eigenvalue weighted by molar-refractivity contribution is 5.96. The Kier molecular flexibility index (Phi) is 3.19. The lowest BCUT2D eigenvalue weighted by molar-refractivity contribution is -0.168. The van der Waals surface area contributed by atoms with Gasteiger partial charge in [0.15, 0.2) is 5.60 Å². The van der Waals surface area contributed by atoms with Gasteiger partial charge in [0.2, 0.25) is 0 Å². The van der Waals surface area contributed by atoms with Gasteiger partial charge in [0.05, 0.1) is 5.41 Å². The largest absolute Gasteiger partial charge is 0.448 e. The van der Waals surface area contributed by atoms with Gasteiger partial charge in [0.25, 0.3) is 5.91 Å². The minimum absolute atomic E-state index is 0.118. The van der Waals surface area contributed by atoms with Gasteiger partial charge >= 0.3 is 5.97 Å². The molecule has 0 spiro atoms. The highest BCUT2D eigenvalue weighted by Crippen LogP contribution is 2.65. The molecule has 2 rings (SSSR count). The van der Waals surface area contributed by atoms with Crippen molar-refractivity contribution in [2.24, 2.45) is 16.7 Å². The first-order valence-electron chi connectivity index (χ1n) is 7.19. The van der Waals surface area contributed by atoms with Crippen LogP contribution in [0.2, 0.25) is 0 Å². The van der Waals surface area contributed by atoms with Crippen LogP contribution in [0.15, 0.2) is 0 Å². The Morgan fingerprint density at radius 2 is 1.95 bits per heavy atom. The van der Waals surface area contributed by atoms with Gasteiger partial charge in [-0.3, -0.25) is 9.59 Å². The number of esters is 1. The summed E-state index contributed by atoms with van der Waals surface area (Å²) in [6, 6.07) is 0. The molecule has 1 aliphatic heterocycles. The van der Waals surface area contributed by atoms with Crippen LogP contribution >= 0.6 is 0 Å². The Labute approximate surface area is 115 Å². The third kappa shape index (κ3) is 1.72. The lowest BCUT2D eigenvalue weighted by atomic mass is 9.66. The standard InChI is InChI=1S/C15H25NO3/c1-10(2)6-9-16-11(17)15-8-7-14(5,12(18)19-15)13(15,3)4/h10H,6-9H2,1-5H3,(H,16,17)/t14-,15-/m0/s1. The van der Waals surface area contributed by atoms with Crippen molar-refractivity contribution in [3.05, 3.63) is 0 Å². The van der Waals surface area contributed by atoms with Crippen molar-refractivity contribution in [3.8, 4) is 0 Å². The number of hydrogen-bond acceptors (Lipinski definition) is 3. The summed E-state index contributed by atoms with van der Waals surface area (Å²) in [4.78, 5) is 24.6. The zero-order valence-corrected chi connectivity index (χ0v) is 12.6. The second-order valence-electron chi connectivity index (χ2n) is 7.11. The van der Waals surface area contributed by atoms with E-state index in [-0.39, 0.29) is 11.9 Å². The number of hydrogen-bond donors (Lipinski definition) is 1. The predicted molar refractivity (Wildman–Crippen MR) is 72.4 cm³/mol. The van der Waals surface area contributed by atoms with Gasteiger partial charge in [-0.25, -0.2) is 0 Å². The maximum absolute atomic E-state index is 12.5. The lowest BCUT2D eigenvalue weighted by Gasteiger charge is -2.35. The smallest absolute Gasteiger partial charge is 0.313 e. The van der Waals surface area contributed by atoms with E-state index in [1.807, 2.05) is 20.8 Å². The van der Waals surface area contributed by atoms with E-state index < -0.39 is 16.4 Å². The molecule has 1 N–H and O–H groups in total. The molecule has 1 amide bonds. The minimum Gasteiger partial charge on any atom is -0.448 e. The molecule has 1 aliphatic carbocycles. The zero-order chi connectivity index (χ0) is 14.5. The van der Waals surface area contributed by atoms with E-state index in [2.05, 4.69) is 19.2 Å². The van der Waals surface area contributed by atoms with Crippen LogP contribution in [-0.2, 0) is 14.3 Å². The highest BCUT2D eigenvalue weighted by atomic mass is 16.6. The molecule has 0 aromatic heterocycles. The number of fused-ring (bicyclic) bond motifs is 2. The van der Waals surface area contributed by atoms with Crippen molar-refractivity contribution < 1.29 is 14.3 Å². The summed E-state index contributed by atoms with van der Waals surface area (Å²) in [6.07, 6.45) is 2.31. The highest BCUT2D eigenvalue weighted by Gasteiger charge is 2.75. The topological polar surface area (TPSA) is 55.4 Å². The van der Waals surface area contributed by atoms with E-state index in [1.165, 1.54) is 0 Å². The van der Waals surface area contributed by atoms with Crippen LogP contribution in [0.5, 0.6) is 0 Å². The number of rotatable bonds is 4. The zero-order valence-electron chi connectivity index (χ0n) is 12.6. The van der Waals surface area contributed by atoms with Crippen LogP contribution in [0.25, 0.3) is 0 Å². The predicted octanol–water partition coefficient (Wildman–Crippen LogP) is 2.27. The molecule has 2 aliphatic rings. The van der Waals surface area contributed by atoms with Crippen LogP contribution in [-0.4, -0.2) is 24.0 Å². The fourth-order valence-electron chi connectivity index (χ4n) is 3.36. The normalized spacial score (nSPS) is 35.6. The molecular weight excluding hydrogens is 242 g/mol. The van der Waals surface area contributed by atoms with Crippen LogP contribution in [0.1, 0.15) is 53.9 Å². The van der Waals surface area contributed by atoms with Crippen LogP contribution in [0, 0.1) is 16.7 Å². The molecule has 2 fully saturated rings. The summed E-state index contributed by atoms with van der Waals surface area (Å²) in [7, 11) is 0. The molecule has 0 radical (unpaired) electrons. The van der Waals surface area contributed by atoms with Crippen molar-refractivity contribution in [1.82, 2.24) is 5.32 Å². The first-order chi connectivity index (χ1) is 8.67. The average Bonchev–Trinajstić information content (AvgIpc) is 2.58. The number of carbonyl (C=O) groups is 2. The molecule has 1 saturated heterocycles. The Morgan fingerprint density at radius 1 is 1.32 bits per heavy atom. The number of carbonyl (C=O) groups excluding carboxylic acids is 2. The molecule has 0 aromatic carbocycles. The van der Waals surface area contributed by atoms with Gasteiger partial charge in [-0.2, -0.15) is 0 Å². The van der Waals surface area contributed by atoms with Gasteiger partial charge in [0.1, 0.15) is 0 Å². The third-order valence-electron chi connectivity index (χ3n) is 5.46. The quantitative estimate of drug-likeness (QED) is 0.795. The van der Waals surface area contributed by atoms with Crippen LogP contribution in [0.4, 0.5) is 0 Å². The molecule has 1 saturated carbocycles. The molecule has 1 heterocycles. The van der Waals surface area contributed by atoms with E-state index in [9.17, 15) is 9.59 Å². The molecule has 108 valence electrons. The monoisotopic (exact) mass is 267 g/mol. The second-order valence-corrected chi connectivity index (χ2v) is 7.11. The molecule has 2 bridgehead atoms. The Balaban J connectivity index is 2.15. The summed E-state index contributed by atoms with van der Waals surface area (Å²) < 4.78 is 5.53. The molecule has 19 heavy (non-hydrogen) atoms.